The van der Waals surface area contributed by atoms with Gasteiger partial charge in [-0.25, -0.2) is 10.2 Å². The molecule has 0 bridgehead atoms. The number of carbonyl (C=O) groups excluding carboxylic acids is 1. The van der Waals surface area contributed by atoms with Gasteiger partial charge in [-0.1, -0.05) is 19.3 Å². The Morgan fingerprint density at radius 3 is 2.86 bits per heavy atom. The second-order valence-corrected chi connectivity index (χ2v) is 3.51. The van der Waals surface area contributed by atoms with E-state index in [2.05, 4.69) is 15.3 Å². The van der Waals surface area contributed by atoms with Crippen molar-refractivity contribution in [2.75, 3.05) is 6.61 Å². The number of rotatable bonds is 3. The average Bonchev–Trinajstić information content (AvgIpc) is 2.20. The lowest BCUT2D eigenvalue weighted by molar-refractivity contribution is 0.152. The van der Waals surface area contributed by atoms with Crippen molar-refractivity contribution in [1.29, 1.82) is 0 Å². The Morgan fingerprint density at radius 1 is 1.50 bits per heavy atom. The van der Waals surface area contributed by atoms with Gasteiger partial charge < -0.3 is 4.74 Å². The highest BCUT2D eigenvalue weighted by atomic mass is 16.5. The lowest BCUT2D eigenvalue weighted by Gasteiger charge is -2.16. The van der Waals surface area contributed by atoms with Gasteiger partial charge in [-0.05, 0) is 25.7 Å². The molecule has 0 saturated heterocycles. The summed E-state index contributed by atoms with van der Waals surface area (Å²) in [6.07, 6.45) is 7.61. The Morgan fingerprint density at radius 2 is 2.21 bits per heavy atom. The molecule has 1 N–H and O–H groups in total. The first kappa shape index (κ1) is 11.0. The zero-order chi connectivity index (χ0) is 10.2. The number of hydrogen-bond acceptors (Lipinski definition) is 3. The van der Waals surface area contributed by atoms with Gasteiger partial charge in [0.15, 0.2) is 0 Å². The molecule has 1 amide bonds. The molecule has 1 aliphatic rings. The summed E-state index contributed by atoms with van der Waals surface area (Å²) >= 11 is 0. The predicted molar refractivity (Wildman–Crippen MR) is 55.2 cm³/mol. The molecule has 0 aromatic heterocycles. The molecule has 0 unspecified atom stereocenters. The number of nitrogens with one attached hydrogen (secondary N) is 1. The smallest absolute Gasteiger partial charge is 0.427 e. The van der Waals surface area contributed by atoms with Crippen molar-refractivity contribution < 1.29 is 9.53 Å². The van der Waals surface area contributed by atoms with Crippen LogP contribution in [0, 0.1) is 5.92 Å². The molecule has 0 aromatic rings. The Labute approximate surface area is 84.7 Å². The Hall–Kier alpha value is -1.06. The van der Waals surface area contributed by atoms with Gasteiger partial charge in [-0.3, -0.25) is 0 Å². The van der Waals surface area contributed by atoms with Crippen LogP contribution < -0.4 is 5.43 Å². The summed E-state index contributed by atoms with van der Waals surface area (Å²) in [5.74, 6) is 0.533. The van der Waals surface area contributed by atoms with Gasteiger partial charge in [0.1, 0.15) is 0 Å². The molecule has 4 heteroatoms. The molecule has 14 heavy (non-hydrogen) atoms. The van der Waals surface area contributed by atoms with Gasteiger partial charge in [-0.2, -0.15) is 5.10 Å². The van der Waals surface area contributed by atoms with Gasteiger partial charge in [0.05, 0.1) is 6.61 Å². The van der Waals surface area contributed by atoms with E-state index in [-0.39, 0.29) is 0 Å². The second-order valence-electron chi connectivity index (χ2n) is 3.51. The highest BCUT2D eigenvalue weighted by molar-refractivity contribution is 5.69. The Balaban J connectivity index is 2.15. The van der Waals surface area contributed by atoms with Crippen LogP contribution in [0.3, 0.4) is 0 Å². The SMILES string of the molecule is CCOC(=O)NN=CC1CCCCC1. The molecule has 1 saturated carbocycles. The number of amides is 1. The van der Waals surface area contributed by atoms with Crippen LogP contribution in [0.15, 0.2) is 5.10 Å². The number of hydrazone groups is 1. The topological polar surface area (TPSA) is 50.7 Å². The molecule has 0 aliphatic heterocycles. The molecular weight excluding hydrogens is 180 g/mol. The number of nitrogens with zero attached hydrogens (tertiary/aromatic N) is 1. The normalized spacial score (nSPS) is 18.4. The van der Waals surface area contributed by atoms with E-state index in [0.717, 1.165) is 0 Å². The standard InChI is InChI=1S/C10H18N2O2/c1-2-14-10(13)12-11-8-9-6-4-3-5-7-9/h8-9H,2-7H2,1H3,(H,12,13). The first-order chi connectivity index (χ1) is 6.83. The maximum atomic E-state index is 10.8. The van der Waals surface area contributed by atoms with E-state index >= 15 is 0 Å². The third kappa shape index (κ3) is 4.25. The van der Waals surface area contributed by atoms with Gasteiger partial charge in [0, 0.05) is 6.21 Å². The van der Waals surface area contributed by atoms with Gasteiger partial charge >= 0.3 is 6.09 Å². The molecule has 1 aliphatic carbocycles. The third-order valence-electron chi connectivity index (χ3n) is 2.37. The molecule has 0 aromatic carbocycles. The third-order valence-corrected chi connectivity index (χ3v) is 2.37. The summed E-state index contributed by atoms with van der Waals surface area (Å²) in [5, 5.41) is 3.86. The van der Waals surface area contributed by atoms with Gasteiger partial charge in [-0.15, -0.1) is 0 Å². The minimum absolute atomic E-state index is 0.380. The van der Waals surface area contributed by atoms with Crippen LogP contribution >= 0.6 is 0 Å². The molecule has 80 valence electrons. The van der Waals surface area contributed by atoms with E-state index in [9.17, 15) is 4.79 Å². The number of ether oxygens (including phenoxy) is 1. The van der Waals surface area contributed by atoms with Crippen LogP contribution in [-0.4, -0.2) is 18.9 Å². The zero-order valence-corrected chi connectivity index (χ0v) is 8.66. The van der Waals surface area contributed by atoms with E-state index < -0.39 is 6.09 Å². The van der Waals surface area contributed by atoms with Crippen LogP contribution in [0.25, 0.3) is 0 Å². The Kier molecular flexibility index (Phi) is 5.04. The highest BCUT2D eigenvalue weighted by Gasteiger charge is 2.10. The van der Waals surface area contributed by atoms with Crippen molar-refractivity contribution in [3.8, 4) is 0 Å². The van der Waals surface area contributed by atoms with Crippen LogP contribution in [0.5, 0.6) is 0 Å². The van der Waals surface area contributed by atoms with Crippen molar-refractivity contribution in [3.63, 3.8) is 0 Å². The Bertz CT molecular complexity index is 198. The molecule has 1 fully saturated rings. The maximum absolute atomic E-state index is 10.8. The summed E-state index contributed by atoms with van der Waals surface area (Å²) in [6.45, 7) is 2.15. The minimum Gasteiger partial charge on any atom is -0.449 e. The lowest BCUT2D eigenvalue weighted by atomic mass is 9.90. The molecule has 0 heterocycles. The van der Waals surface area contributed by atoms with E-state index in [1.807, 2.05) is 6.21 Å². The zero-order valence-electron chi connectivity index (χ0n) is 8.66. The fourth-order valence-corrected chi connectivity index (χ4v) is 1.64. The van der Waals surface area contributed by atoms with Crippen molar-refractivity contribution in [1.82, 2.24) is 5.43 Å². The van der Waals surface area contributed by atoms with Gasteiger partial charge in [0.2, 0.25) is 0 Å². The van der Waals surface area contributed by atoms with E-state index in [1.54, 1.807) is 6.92 Å². The van der Waals surface area contributed by atoms with Crippen LogP contribution in [0.1, 0.15) is 39.0 Å². The molecule has 0 radical (unpaired) electrons. The summed E-state index contributed by atoms with van der Waals surface area (Å²) in [7, 11) is 0. The summed E-state index contributed by atoms with van der Waals surface area (Å²) in [5.41, 5.74) is 2.34. The summed E-state index contributed by atoms with van der Waals surface area (Å²) < 4.78 is 4.67. The first-order valence-corrected chi connectivity index (χ1v) is 5.29. The van der Waals surface area contributed by atoms with E-state index in [4.69, 9.17) is 0 Å². The quantitative estimate of drug-likeness (QED) is 0.558. The van der Waals surface area contributed by atoms with Crippen molar-refractivity contribution in [2.24, 2.45) is 11.0 Å². The average molecular weight is 198 g/mol. The van der Waals surface area contributed by atoms with Crippen molar-refractivity contribution in [2.45, 2.75) is 39.0 Å². The van der Waals surface area contributed by atoms with E-state index in [1.165, 1.54) is 32.1 Å². The van der Waals surface area contributed by atoms with Gasteiger partial charge in [0.25, 0.3) is 0 Å². The first-order valence-electron chi connectivity index (χ1n) is 5.29. The largest absolute Gasteiger partial charge is 0.449 e. The van der Waals surface area contributed by atoms with Crippen molar-refractivity contribution in [3.05, 3.63) is 0 Å². The summed E-state index contributed by atoms with van der Waals surface area (Å²) in [6, 6.07) is 0. The maximum Gasteiger partial charge on any atom is 0.427 e. The fourth-order valence-electron chi connectivity index (χ4n) is 1.64. The molecule has 0 spiro atoms. The van der Waals surface area contributed by atoms with Crippen LogP contribution in [0.2, 0.25) is 0 Å². The summed E-state index contributed by atoms with van der Waals surface area (Å²) in [4.78, 5) is 10.8. The highest BCUT2D eigenvalue weighted by Crippen LogP contribution is 2.21. The molecular formula is C10H18N2O2. The lowest BCUT2D eigenvalue weighted by Crippen LogP contribution is -2.20. The van der Waals surface area contributed by atoms with Crippen LogP contribution in [-0.2, 0) is 4.74 Å². The monoisotopic (exact) mass is 198 g/mol. The predicted octanol–water partition coefficient (Wildman–Crippen LogP) is 2.30. The number of hydrogen-bond donors (Lipinski definition) is 1. The number of carbonyl (C=O) groups is 1. The molecule has 1 rings (SSSR count). The van der Waals surface area contributed by atoms with E-state index in [0.29, 0.717) is 12.5 Å². The second kappa shape index (κ2) is 6.40. The van der Waals surface area contributed by atoms with Crippen molar-refractivity contribution >= 4 is 12.3 Å². The van der Waals surface area contributed by atoms with Crippen LogP contribution in [0.4, 0.5) is 4.79 Å². The minimum atomic E-state index is -0.473. The molecule has 4 nitrogen and oxygen atoms in total. The molecule has 0 atom stereocenters. The fraction of sp³-hybridized carbons (Fsp3) is 0.800.